The average Bonchev–Trinajstić information content (AvgIpc) is 2.70. The first-order chi connectivity index (χ1) is 8.83. The van der Waals surface area contributed by atoms with Crippen molar-refractivity contribution in [3.8, 4) is 6.01 Å². The number of aromatic hydroxyl groups is 1. The lowest BCUT2D eigenvalue weighted by Crippen LogP contribution is -1.97. The summed E-state index contributed by atoms with van der Waals surface area (Å²) < 4.78 is 1.91. The number of fused-ring (bicyclic) bond motifs is 1. The number of hydrogen-bond acceptors (Lipinski definition) is 2. The van der Waals surface area contributed by atoms with Gasteiger partial charge in [0.05, 0.1) is 11.0 Å². The van der Waals surface area contributed by atoms with E-state index < -0.39 is 0 Å². The minimum absolute atomic E-state index is 0.143. The number of hydrogen-bond donors (Lipinski definition) is 1. The van der Waals surface area contributed by atoms with E-state index in [1.54, 1.807) is 0 Å². The fraction of sp³-hybridized carbons (Fsp3) is 0.533. The maximum Gasteiger partial charge on any atom is 0.294 e. The van der Waals surface area contributed by atoms with E-state index in [-0.39, 0.29) is 6.01 Å². The van der Waals surface area contributed by atoms with Gasteiger partial charge in [0.25, 0.3) is 6.01 Å². The maximum atomic E-state index is 9.83. The molecule has 0 fully saturated rings. The Morgan fingerprint density at radius 1 is 1.06 bits per heavy atom. The first kappa shape index (κ1) is 12.9. The number of imidazole rings is 1. The zero-order valence-corrected chi connectivity index (χ0v) is 11.1. The van der Waals surface area contributed by atoms with Crippen LogP contribution >= 0.6 is 0 Å². The smallest absolute Gasteiger partial charge is 0.294 e. The molecule has 3 nitrogen and oxygen atoms in total. The van der Waals surface area contributed by atoms with Gasteiger partial charge in [-0.25, -0.2) is 0 Å². The third kappa shape index (κ3) is 3.03. The van der Waals surface area contributed by atoms with Gasteiger partial charge in [0.15, 0.2) is 0 Å². The third-order valence-electron chi connectivity index (χ3n) is 3.37. The van der Waals surface area contributed by atoms with E-state index in [0.29, 0.717) is 0 Å². The lowest BCUT2D eigenvalue weighted by Gasteiger charge is -2.05. The van der Waals surface area contributed by atoms with Gasteiger partial charge in [0.2, 0.25) is 0 Å². The van der Waals surface area contributed by atoms with Crippen LogP contribution < -0.4 is 0 Å². The molecule has 0 unspecified atom stereocenters. The Bertz CT molecular complexity index is 490. The van der Waals surface area contributed by atoms with Crippen LogP contribution in [0.25, 0.3) is 11.0 Å². The van der Waals surface area contributed by atoms with Crippen LogP contribution in [-0.2, 0) is 6.54 Å². The van der Waals surface area contributed by atoms with Crippen LogP contribution in [0.2, 0.25) is 0 Å². The van der Waals surface area contributed by atoms with Crippen molar-refractivity contribution in [2.45, 2.75) is 52.0 Å². The Hall–Kier alpha value is -1.51. The summed E-state index contributed by atoms with van der Waals surface area (Å²) in [6.45, 7) is 3.09. The van der Waals surface area contributed by atoms with Crippen LogP contribution in [0.1, 0.15) is 45.4 Å². The van der Waals surface area contributed by atoms with E-state index in [1.165, 1.54) is 32.1 Å². The second kappa shape index (κ2) is 6.43. The van der Waals surface area contributed by atoms with Crippen molar-refractivity contribution in [3.63, 3.8) is 0 Å². The second-order valence-corrected chi connectivity index (χ2v) is 4.82. The van der Waals surface area contributed by atoms with Gasteiger partial charge in [-0.3, -0.25) is 4.57 Å². The highest BCUT2D eigenvalue weighted by Crippen LogP contribution is 2.21. The number of nitrogens with zero attached hydrogens (tertiary/aromatic N) is 2. The highest BCUT2D eigenvalue weighted by Gasteiger charge is 2.07. The summed E-state index contributed by atoms with van der Waals surface area (Å²) in [7, 11) is 0. The van der Waals surface area contributed by atoms with Crippen molar-refractivity contribution < 1.29 is 5.11 Å². The molecule has 0 amide bonds. The van der Waals surface area contributed by atoms with Crippen molar-refractivity contribution >= 4 is 11.0 Å². The summed E-state index contributed by atoms with van der Waals surface area (Å²) in [5.41, 5.74) is 1.91. The van der Waals surface area contributed by atoms with Crippen molar-refractivity contribution in [1.82, 2.24) is 9.55 Å². The van der Waals surface area contributed by atoms with Gasteiger partial charge in [-0.05, 0) is 18.6 Å². The SMILES string of the molecule is CCCCCCCCn1c(O)nc2ccccc21. The van der Waals surface area contributed by atoms with Gasteiger partial charge in [0.1, 0.15) is 0 Å². The summed E-state index contributed by atoms with van der Waals surface area (Å²) in [5, 5.41) is 9.83. The fourth-order valence-electron chi connectivity index (χ4n) is 2.33. The molecule has 2 aromatic rings. The molecule has 2 rings (SSSR count). The molecule has 0 spiro atoms. The number of aromatic nitrogens is 2. The third-order valence-corrected chi connectivity index (χ3v) is 3.37. The predicted molar refractivity (Wildman–Crippen MR) is 74.8 cm³/mol. The zero-order valence-electron chi connectivity index (χ0n) is 11.1. The van der Waals surface area contributed by atoms with Gasteiger partial charge in [-0.1, -0.05) is 51.2 Å². The van der Waals surface area contributed by atoms with E-state index in [4.69, 9.17) is 0 Å². The number of benzene rings is 1. The minimum atomic E-state index is 0.143. The van der Waals surface area contributed by atoms with Crippen molar-refractivity contribution in [2.24, 2.45) is 0 Å². The Balaban J connectivity index is 1.89. The first-order valence-corrected chi connectivity index (χ1v) is 6.97. The molecule has 1 aromatic carbocycles. The monoisotopic (exact) mass is 246 g/mol. The summed E-state index contributed by atoms with van der Waals surface area (Å²) in [4.78, 5) is 4.16. The van der Waals surface area contributed by atoms with Gasteiger partial charge in [-0.2, -0.15) is 4.98 Å². The molecule has 0 radical (unpaired) electrons. The number of unbranched alkanes of at least 4 members (excludes halogenated alkanes) is 5. The maximum absolute atomic E-state index is 9.83. The number of rotatable bonds is 7. The molecule has 98 valence electrons. The molecular formula is C15H22N2O. The lowest BCUT2D eigenvalue weighted by molar-refractivity contribution is 0.396. The lowest BCUT2D eigenvalue weighted by atomic mass is 10.1. The Morgan fingerprint density at radius 2 is 1.78 bits per heavy atom. The van der Waals surface area contributed by atoms with E-state index >= 15 is 0 Å². The second-order valence-electron chi connectivity index (χ2n) is 4.82. The van der Waals surface area contributed by atoms with Crippen LogP contribution in [0.3, 0.4) is 0 Å². The van der Waals surface area contributed by atoms with Crippen LogP contribution in [0.15, 0.2) is 24.3 Å². The molecule has 3 heteroatoms. The van der Waals surface area contributed by atoms with E-state index in [2.05, 4.69) is 11.9 Å². The topological polar surface area (TPSA) is 38.0 Å². The van der Waals surface area contributed by atoms with E-state index in [9.17, 15) is 5.11 Å². The van der Waals surface area contributed by atoms with Crippen molar-refractivity contribution in [1.29, 1.82) is 0 Å². The summed E-state index contributed by atoms with van der Waals surface area (Å²) in [6.07, 6.45) is 7.57. The average molecular weight is 246 g/mol. The molecule has 1 heterocycles. The minimum Gasteiger partial charge on any atom is -0.480 e. The highest BCUT2D eigenvalue weighted by atomic mass is 16.3. The molecule has 0 bridgehead atoms. The molecule has 1 aromatic heterocycles. The summed E-state index contributed by atoms with van der Waals surface area (Å²) in [6, 6.07) is 8.03. The normalized spacial score (nSPS) is 11.2. The molecule has 0 aliphatic rings. The van der Waals surface area contributed by atoms with E-state index in [0.717, 1.165) is 24.0 Å². The highest BCUT2D eigenvalue weighted by molar-refractivity contribution is 5.76. The van der Waals surface area contributed by atoms with Crippen LogP contribution in [0.5, 0.6) is 6.01 Å². The number of aryl methyl sites for hydroxylation is 1. The first-order valence-electron chi connectivity index (χ1n) is 6.97. The molecular weight excluding hydrogens is 224 g/mol. The van der Waals surface area contributed by atoms with E-state index in [1.807, 2.05) is 28.8 Å². The van der Waals surface area contributed by atoms with Crippen LogP contribution in [0, 0.1) is 0 Å². The Morgan fingerprint density at radius 3 is 2.61 bits per heavy atom. The summed E-state index contributed by atoms with van der Waals surface area (Å²) in [5.74, 6) is 0. The summed E-state index contributed by atoms with van der Waals surface area (Å²) >= 11 is 0. The fourth-order valence-corrected chi connectivity index (χ4v) is 2.33. The quantitative estimate of drug-likeness (QED) is 0.747. The molecule has 0 saturated heterocycles. The van der Waals surface area contributed by atoms with Crippen LogP contribution in [0.4, 0.5) is 0 Å². The molecule has 0 aliphatic heterocycles. The van der Waals surface area contributed by atoms with Gasteiger partial charge < -0.3 is 5.11 Å². The standard InChI is InChI=1S/C15H22N2O/c1-2-3-4-5-6-9-12-17-14-11-8-7-10-13(14)16-15(17)18/h7-8,10-11H,2-6,9,12H2,1H3,(H,16,18). The molecule has 18 heavy (non-hydrogen) atoms. The number of para-hydroxylation sites is 2. The zero-order chi connectivity index (χ0) is 12.8. The van der Waals surface area contributed by atoms with Gasteiger partial charge in [-0.15, -0.1) is 0 Å². The van der Waals surface area contributed by atoms with Crippen LogP contribution in [-0.4, -0.2) is 14.7 Å². The molecule has 0 atom stereocenters. The molecule has 0 aliphatic carbocycles. The molecule has 1 N–H and O–H groups in total. The van der Waals surface area contributed by atoms with Crippen molar-refractivity contribution in [3.05, 3.63) is 24.3 Å². The van der Waals surface area contributed by atoms with Gasteiger partial charge in [0, 0.05) is 6.54 Å². The van der Waals surface area contributed by atoms with Gasteiger partial charge >= 0.3 is 0 Å². The van der Waals surface area contributed by atoms with Crippen molar-refractivity contribution in [2.75, 3.05) is 0 Å². The Kier molecular flexibility index (Phi) is 4.62. The Labute approximate surface area is 108 Å². The largest absolute Gasteiger partial charge is 0.480 e. The molecule has 0 saturated carbocycles. The predicted octanol–water partition coefficient (Wildman–Crippen LogP) is 4.10.